The number of sulfonamides is 1. The van der Waals surface area contributed by atoms with Crippen LogP contribution in [-0.4, -0.2) is 44.3 Å². The summed E-state index contributed by atoms with van der Waals surface area (Å²) in [6, 6.07) is 15.1. The number of nitrogens with one attached hydrogen (secondary N) is 1. The number of rotatable bonds is 11. The Bertz CT molecular complexity index is 1460. The van der Waals surface area contributed by atoms with Gasteiger partial charge in [-0.1, -0.05) is 65.5 Å². The molecule has 3 rings (SSSR count). The minimum atomic E-state index is -4.19. The Labute approximate surface area is 251 Å². The van der Waals surface area contributed by atoms with Crippen molar-refractivity contribution in [3.63, 3.8) is 0 Å². The number of carbonyl (C=O) groups is 2. The van der Waals surface area contributed by atoms with E-state index in [-0.39, 0.29) is 23.0 Å². The zero-order chi connectivity index (χ0) is 29.6. The summed E-state index contributed by atoms with van der Waals surface area (Å²) >= 11 is 19.0. The van der Waals surface area contributed by atoms with Crippen LogP contribution in [-0.2, 0) is 26.2 Å². The van der Waals surface area contributed by atoms with Crippen LogP contribution in [0.3, 0.4) is 0 Å². The number of amides is 2. The fourth-order valence-electron chi connectivity index (χ4n) is 4.08. The van der Waals surface area contributed by atoms with Crippen LogP contribution in [0.2, 0.25) is 15.1 Å². The number of benzene rings is 3. The Kier molecular flexibility index (Phi) is 10.9. The quantitative estimate of drug-likeness (QED) is 0.267. The third-order valence-electron chi connectivity index (χ3n) is 6.42. The van der Waals surface area contributed by atoms with E-state index >= 15 is 0 Å². The van der Waals surface area contributed by atoms with Crippen molar-refractivity contribution in [2.24, 2.45) is 0 Å². The Morgan fingerprint density at radius 3 is 2.15 bits per heavy atom. The summed E-state index contributed by atoms with van der Waals surface area (Å²) in [7, 11) is -4.19. The third kappa shape index (κ3) is 7.49. The first kappa shape index (κ1) is 31.7. The maximum Gasteiger partial charge on any atom is 0.264 e. The summed E-state index contributed by atoms with van der Waals surface area (Å²) in [5.74, 6) is -0.992. The molecule has 0 bridgehead atoms. The van der Waals surface area contributed by atoms with Gasteiger partial charge in [0.1, 0.15) is 12.6 Å². The van der Waals surface area contributed by atoms with Gasteiger partial charge < -0.3 is 10.2 Å². The van der Waals surface area contributed by atoms with Crippen LogP contribution in [0.5, 0.6) is 0 Å². The van der Waals surface area contributed by atoms with Gasteiger partial charge in [0.25, 0.3) is 10.0 Å². The first-order valence-corrected chi connectivity index (χ1v) is 15.3. The van der Waals surface area contributed by atoms with Gasteiger partial charge in [-0.05, 0) is 75.2 Å². The lowest BCUT2D eigenvalue weighted by molar-refractivity contribution is -0.139. The van der Waals surface area contributed by atoms with Gasteiger partial charge in [0, 0.05) is 33.7 Å². The number of aryl methyl sites for hydroxylation is 2. The Morgan fingerprint density at radius 2 is 1.57 bits per heavy atom. The molecule has 0 radical (unpaired) electrons. The molecule has 0 heterocycles. The molecule has 11 heteroatoms. The van der Waals surface area contributed by atoms with Crippen molar-refractivity contribution in [3.05, 3.63) is 92.4 Å². The molecule has 0 aliphatic carbocycles. The molecule has 214 valence electrons. The zero-order valence-corrected chi connectivity index (χ0v) is 25.8. The molecule has 0 saturated heterocycles. The molecule has 0 unspecified atom stereocenters. The number of halogens is 3. The van der Waals surface area contributed by atoms with Gasteiger partial charge in [-0.3, -0.25) is 13.9 Å². The molecule has 0 aliphatic heterocycles. The van der Waals surface area contributed by atoms with Crippen LogP contribution in [0.4, 0.5) is 5.69 Å². The lowest BCUT2D eigenvalue weighted by Gasteiger charge is -2.32. The molecule has 3 aromatic rings. The van der Waals surface area contributed by atoms with E-state index in [2.05, 4.69) is 5.32 Å². The highest BCUT2D eigenvalue weighted by molar-refractivity contribution is 7.92. The lowest BCUT2D eigenvalue weighted by atomic mass is 10.1. The number of anilines is 1. The van der Waals surface area contributed by atoms with Crippen LogP contribution in [0.25, 0.3) is 0 Å². The molecular weight excluding hydrogens is 593 g/mol. The second-order valence-electron chi connectivity index (χ2n) is 9.44. The van der Waals surface area contributed by atoms with Gasteiger partial charge in [0.15, 0.2) is 0 Å². The van der Waals surface area contributed by atoms with Crippen molar-refractivity contribution in [1.29, 1.82) is 0 Å². The second kappa shape index (κ2) is 13.7. The predicted octanol–water partition coefficient (Wildman–Crippen LogP) is 6.40. The SMILES string of the molecule is CCCNC(=O)[C@H](C)N(Cc1c(Cl)cccc1Cl)C(=O)CN(c1ccc(Cl)cc1C)S(=O)(=O)c1ccc(C)cc1. The molecule has 2 amide bonds. The number of hydrogen-bond acceptors (Lipinski definition) is 4. The van der Waals surface area contributed by atoms with Crippen LogP contribution in [0.15, 0.2) is 65.6 Å². The van der Waals surface area contributed by atoms with Crippen molar-refractivity contribution < 1.29 is 18.0 Å². The average molecular weight is 625 g/mol. The minimum absolute atomic E-state index is 0.0229. The summed E-state index contributed by atoms with van der Waals surface area (Å²) in [5.41, 5.74) is 2.19. The van der Waals surface area contributed by atoms with E-state index in [0.717, 1.165) is 9.87 Å². The van der Waals surface area contributed by atoms with E-state index in [1.54, 1.807) is 62.4 Å². The van der Waals surface area contributed by atoms with E-state index in [9.17, 15) is 18.0 Å². The molecule has 1 atom stereocenters. The van der Waals surface area contributed by atoms with Gasteiger partial charge in [-0.25, -0.2) is 8.42 Å². The van der Waals surface area contributed by atoms with E-state index in [1.165, 1.54) is 17.0 Å². The zero-order valence-electron chi connectivity index (χ0n) is 22.7. The maximum atomic E-state index is 14.0. The molecule has 0 fully saturated rings. The van der Waals surface area contributed by atoms with Gasteiger partial charge in [0.2, 0.25) is 11.8 Å². The molecule has 3 aromatic carbocycles. The third-order valence-corrected chi connectivity index (χ3v) is 9.14. The summed E-state index contributed by atoms with van der Waals surface area (Å²) in [6.45, 7) is 6.81. The predicted molar refractivity (Wildman–Crippen MR) is 162 cm³/mol. The summed E-state index contributed by atoms with van der Waals surface area (Å²) < 4.78 is 28.9. The molecular formula is C29H32Cl3N3O4S. The highest BCUT2D eigenvalue weighted by Crippen LogP contribution is 2.31. The number of carbonyl (C=O) groups excluding carboxylic acids is 2. The van der Waals surface area contributed by atoms with E-state index in [4.69, 9.17) is 34.8 Å². The van der Waals surface area contributed by atoms with Crippen molar-refractivity contribution in [1.82, 2.24) is 10.2 Å². The smallest absolute Gasteiger partial charge is 0.264 e. The van der Waals surface area contributed by atoms with Crippen LogP contribution in [0, 0.1) is 13.8 Å². The molecule has 0 aliphatic rings. The van der Waals surface area contributed by atoms with Gasteiger partial charge in [-0.15, -0.1) is 0 Å². The van der Waals surface area contributed by atoms with Gasteiger partial charge >= 0.3 is 0 Å². The summed E-state index contributed by atoms with van der Waals surface area (Å²) in [6.07, 6.45) is 0.709. The van der Waals surface area contributed by atoms with Gasteiger partial charge in [-0.2, -0.15) is 0 Å². The molecule has 0 saturated carbocycles. The minimum Gasteiger partial charge on any atom is -0.354 e. The second-order valence-corrected chi connectivity index (χ2v) is 12.6. The van der Waals surface area contributed by atoms with E-state index in [0.29, 0.717) is 39.2 Å². The lowest BCUT2D eigenvalue weighted by Crippen LogP contribution is -2.51. The number of hydrogen-bond donors (Lipinski definition) is 1. The largest absolute Gasteiger partial charge is 0.354 e. The molecule has 0 aromatic heterocycles. The van der Waals surface area contributed by atoms with Crippen molar-refractivity contribution in [2.45, 2.75) is 51.6 Å². The highest BCUT2D eigenvalue weighted by atomic mass is 35.5. The Hall–Kier alpha value is -2.78. The average Bonchev–Trinajstić information content (AvgIpc) is 2.90. The van der Waals surface area contributed by atoms with Crippen molar-refractivity contribution in [3.8, 4) is 0 Å². The maximum absolute atomic E-state index is 14.0. The number of nitrogens with zero attached hydrogens (tertiary/aromatic N) is 2. The monoisotopic (exact) mass is 623 g/mol. The molecule has 0 spiro atoms. The van der Waals surface area contributed by atoms with Crippen LogP contribution >= 0.6 is 34.8 Å². The van der Waals surface area contributed by atoms with Crippen molar-refractivity contribution in [2.75, 3.05) is 17.4 Å². The van der Waals surface area contributed by atoms with E-state index < -0.39 is 28.5 Å². The Morgan fingerprint density at radius 1 is 0.950 bits per heavy atom. The molecule has 1 N–H and O–H groups in total. The van der Waals surface area contributed by atoms with Crippen LogP contribution < -0.4 is 9.62 Å². The molecule has 40 heavy (non-hydrogen) atoms. The summed E-state index contributed by atoms with van der Waals surface area (Å²) in [5, 5.41) is 3.87. The van der Waals surface area contributed by atoms with Crippen LogP contribution in [0.1, 0.15) is 37.0 Å². The fraction of sp³-hybridized carbons (Fsp3) is 0.310. The Balaban J connectivity index is 2.09. The summed E-state index contributed by atoms with van der Waals surface area (Å²) in [4.78, 5) is 28.3. The van der Waals surface area contributed by atoms with Crippen molar-refractivity contribution >= 4 is 62.3 Å². The molecule has 7 nitrogen and oxygen atoms in total. The van der Waals surface area contributed by atoms with E-state index in [1.807, 2.05) is 13.8 Å². The fourth-order valence-corrected chi connectivity index (χ4v) is 6.30. The van der Waals surface area contributed by atoms with Gasteiger partial charge in [0.05, 0.1) is 10.6 Å². The topological polar surface area (TPSA) is 86.8 Å². The standard InChI is InChI=1S/C29H32Cl3N3O4S/c1-5-15-33-29(37)21(4)34(17-24-25(31)7-6-8-26(24)32)28(36)18-35(27-14-11-22(30)16-20(27)3)40(38,39)23-12-9-19(2)10-13-23/h6-14,16,21H,5,15,17-18H2,1-4H3,(H,33,37)/t21-/m0/s1. The first-order chi connectivity index (χ1) is 18.9. The first-order valence-electron chi connectivity index (χ1n) is 12.7. The highest BCUT2D eigenvalue weighted by Gasteiger charge is 2.33. The normalized spacial score (nSPS) is 12.1.